The van der Waals surface area contributed by atoms with Crippen molar-refractivity contribution in [3.05, 3.63) is 76.6 Å². The van der Waals surface area contributed by atoms with E-state index in [1.54, 1.807) is 18.3 Å². The number of nitrogens with zero attached hydrogens (tertiary/aromatic N) is 1. The topological polar surface area (TPSA) is 39.2 Å². The molecule has 1 aliphatic rings. The average Bonchev–Trinajstić information content (AvgIpc) is 2.81. The molecule has 3 nitrogen and oxygen atoms in total. The predicted octanol–water partition coefficient (Wildman–Crippen LogP) is 3.68. The smallest absolute Gasteiger partial charge is 0.343 e. The Labute approximate surface area is 123 Å². The van der Waals surface area contributed by atoms with Gasteiger partial charge in [0.1, 0.15) is 5.76 Å². The number of rotatable bonds is 2. The molecule has 3 rings (SSSR count). The van der Waals surface area contributed by atoms with Crippen LogP contribution in [-0.4, -0.2) is 11.0 Å². The van der Waals surface area contributed by atoms with Crippen LogP contribution >= 0.6 is 0 Å². The average molecular weight is 277 g/mol. The lowest BCUT2D eigenvalue weighted by Crippen LogP contribution is -1.98. The highest BCUT2D eigenvalue weighted by Crippen LogP contribution is 2.29. The number of ether oxygens (including phenoxy) is 1. The van der Waals surface area contributed by atoms with Crippen molar-refractivity contribution < 1.29 is 9.53 Å². The number of hydrogen-bond acceptors (Lipinski definition) is 3. The van der Waals surface area contributed by atoms with Crippen molar-refractivity contribution in [1.29, 1.82) is 0 Å². The zero-order chi connectivity index (χ0) is 14.8. The SMILES string of the molecule is Cc1ccc(C2=CC(=Cc3ccccn3)C(=O)O2)c(C)c1. The summed E-state index contributed by atoms with van der Waals surface area (Å²) in [5.41, 5.74) is 4.48. The third kappa shape index (κ3) is 2.77. The summed E-state index contributed by atoms with van der Waals surface area (Å²) in [6.07, 6.45) is 5.20. The second-order valence-corrected chi connectivity index (χ2v) is 5.07. The van der Waals surface area contributed by atoms with Crippen LogP contribution in [0.1, 0.15) is 22.4 Å². The molecule has 0 saturated carbocycles. The van der Waals surface area contributed by atoms with E-state index in [1.165, 1.54) is 5.56 Å². The van der Waals surface area contributed by atoms with Gasteiger partial charge in [-0.1, -0.05) is 29.8 Å². The quantitative estimate of drug-likeness (QED) is 0.621. The number of pyridine rings is 1. The van der Waals surface area contributed by atoms with E-state index in [9.17, 15) is 4.79 Å². The molecule has 0 aliphatic carbocycles. The van der Waals surface area contributed by atoms with Gasteiger partial charge in [0.2, 0.25) is 0 Å². The van der Waals surface area contributed by atoms with Gasteiger partial charge in [0.05, 0.1) is 11.3 Å². The Hall–Kier alpha value is -2.68. The normalized spacial score (nSPS) is 16.0. The van der Waals surface area contributed by atoms with Crippen LogP contribution < -0.4 is 0 Å². The van der Waals surface area contributed by atoms with Gasteiger partial charge in [-0.05, 0) is 43.7 Å². The maximum atomic E-state index is 12.0. The van der Waals surface area contributed by atoms with Crippen LogP contribution in [-0.2, 0) is 9.53 Å². The second kappa shape index (κ2) is 5.37. The lowest BCUT2D eigenvalue weighted by Gasteiger charge is -2.06. The molecular weight excluding hydrogens is 262 g/mol. The molecule has 2 heterocycles. The minimum Gasteiger partial charge on any atom is -0.422 e. The predicted molar refractivity (Wildman–Crippen MR) is 82.2 cm³/mol. The minimum absolute atomic E-state index is 0.337. The first kappa shape index (κ1) is 13.3. The standard InChI is InChI=1S/C18H15NO2/c1-12-6-7-16(13(2)9-12)17-11-14(18(20)21-17)10-15-5-3-4-8-19-15/h3-11H,1-2H3. The van der Waals surface area contributed by atoms with Crippen LogP contribution in [0.5, 0.6) is 0 Å². The van der Waals surface area contributed by atoms with E-state index in [2.05, 4.69) is 11.1 Å². The fourth-order valence-corrected chi connectivity index (χ4v) is 2.33. The Morgan fingerprint density at radius 2 is 2.00 bits per heavy atom. The van der Waals surface area contributed by atoms with Crippen LogP contribution in [0.2, 0.25) is 0 Å². The number of esters is 1. The van der Waals surface area contributed by atoms with Crippen molar-refractivity contribution in [3.8, 4) is 0 Å². The van der Waals surface area contributed by atoms with E-state index < -0.39 is 0 Å². The monoisotopic (exact) mass is 277 g/mol. The first-order valence-electron chi connectivity index (χ1n) is 6.78. The highest BCUT2D eigenvalue weighted by Gasteiger charge is 2.23. The molecule has 1 aliphatic heterocycles. The van der Waals surface area contributed by atoms with Crippen LogP contribution in [0.4, 0.5) is 0 Å². The largest absolute Gasteiger partial charge is 0.422 e. The molecule has 0 amide bonds. The van der Waals surface area contributed by atoms with E-state index in [1.807, 2.05) is 44.2 Å². The molecule has 1 aromatic carbocycles. The summed E-state index contributed by atoms with van der Waals surface area (Å²) in [6.45, 7) is 4.05. The maximum absolute atomic E-state index is 12.0. The summed E-state index contributed by atoms with van der Waals surface area (Å²) in [5, 5.41) is 0. The van der Waals surface area contributed by atoms with Gasteiger partial charge in [-0.3, -0.25) is 4.98 Å². The van der Waals surface area contributed by atoms with Crippen LogP contribution in [0, 0.1) is 13.8 Å². The fourth-order valence-electron chi connectivity index (χ4n) is 2.33. The van der Waals surface area contributed by atoms with E-state index >= 15 is 0 Å². The molecular formula is C18H15NO2. The van der Waals surface area contributed by atoms with Crippen molar-refractivity contribution >= 4 is 17.8 Å². The Morgan fingerprint density at radius 3 is 2.71 bits per heavy atom. The second-order valence-electron chi connectivity index (χ2n) is 5.07. The van der Waals surface area contributed by atoms with Gasteiger partial charge < -0.3 is 4.74 Å². The first-order chi connectivity index (χ1) is 10.1. The maximum Gasteiger partial charge on any atom is 0.343 e. The molecule has 0 atom stereocenters. The molecule has 0 radical (unpaired) electrons. The molecule has 1 aromatic heterocycles. The third-order valence-electron chi connectivity index (χ3n) is 3.36. The number of benzene rings is 1. The Morgan fingerprint density at radius 1 is 1.14 bits per heavy atom. The van der Waals surface area contributed by atoms with Crippen LogP contribution in [0.25, 0.3) is 11.8 Å². The molecule has 0 N–H and O–H groups in total. The van der Waals surface area contributed by atoms with Gasteiger partial charge in [-0.2, -0.15) is 0 Å². The van der Waals surface area contributed by atoms with Gasteiger partial charge in [0, 0.05) is 11.8 Å². The van der Waals surface area contributed by atoms with Gasteiger partial charge in [0.25, 0.3) is 0 Å². The summed E-state index contributed by atoms with van der Waals surface area (Å²) in [6, 6.07) is 11.6. The molecule has 0 saturated heterocycles. The van der Waals surface area contributed by atoms with E-state index in [-0.39, 0.29) is 5.97 Å². The number of cyclic esters (lactones) is 1. The molecule has 3 heteroatoms. The van der Waals surface area contributed by atoms with Crippen molar-refractivity contribution in [2.24, 2.45) is 0 Å². The number of carbonyl (C=O) groups excluding carboxylic acids is 1. The van der Waals surface area contributed by atoms with Gasteiger partial charge in [0.15, 0.2) is 0 Å². The van der Waals surface area contributed by atoms with Gasteiger partial charge >= 0.3 is 5.97 Å². The van der Waals surface area contributed by atoms with Gasteiger partial charge in [-0.25, -0.2) is 4.79 Å². The van der Waals surface area contributed by atoms with Crippen LogP contribution in [0.3, 0.4) is 0 Å². The summed E-state index contributed by atoms with van der Waals surface area (Å²) >= 11 is 0. The highest BCUT2D eigenvalue weighted by molar-refractivity contribution is 6.05. The van der Waals surface area contributed by atoms with Crippen molar-refractivity contribution in [2.45, 2.75) is 13.8 Å². The number of carbonyl (C=O) groups is 1. The zero-order valence-electron chi connectivity index (χ0n) is 12.0. The first-order valence-corrected chi connectivity index (χ1v) is 6.78. The molecule has 104 valence electrons. The molecule has 0 fully saturated rings. The third-order valence-corrected chi connectivity index (χ3v) is 3.36. The molecule has 21 heavy (non-hydrogen) atoms. The van der Waals surface area contributed by atoms with E-state index in [0.29, 0.717) is 11.3 Å². The molecule has 0 spiro atoms. The molecule has 2 aromatic rings. The van der Waals surface area contributed by atoms with Crippen LogP contribution in [0.15, 0.2) is 54.2 Å². The summed E-state index contributed by atoms with van der Waals surface area (Å²) in [5.74, 6) is 0.260. The van der Waals surface area contributed by atoms with Crippen molar-refractivity contribution in [2.75, 3.05) is 0 Å². The lowest BCUT2D eigenvalue weighted by atomic mass is 10.0. The van der Waals surface area contributed by atoms with Crippen molar-refractivity contribution in [1.82, 2.24) is 4.98 Å². The lowest BCUT2D eigenvalue weighted by molar-refractivity contribution is -0.130. The summed E-state index contributed by atoms with van der Waals surface area (Å²) in [4.78, 5) is 16.2. The zero-order valence-corrected chi connectivity index (χ0v) is 12.0. The Bertz CT molecular complexity index is 758. The summed E-state index contributed by atoms with van der Waals surface area (Å²) in [7, 11) is 0. The van der Waals surface area contributed by atoms with Gasteiger partial charge in [-0.15, -0.1) is 0 Å². The van der Waals surface area contributed by atoms with Crippen molar-refractivity contribution in [3.63, 3.8) is 0 Å². The molecule has 0 unspecified atom stereocenters. The summed E-state index contributed by atoms with van der Waals surface area (Å²) < 4.78 is 5.38. The molecule has 0 bridgehead atoms. The Kier molecular flexibility index (Phi) is 3.40. The minimum atomic E-state index is -0.337. The number of hydrogen-bond donors (Lipinski definition) is 0. The Balaban J connectivity index is 1.97. The van der Waals surface area contributed by atoms with E-state index in [4.69, 9.17) is 4.74 Å². The number of aromatic nitrogens is 1. The van der Waals surface area contributed by atoms with E-state index in [0.717, 1.165) is 16.8 Å². The highest BCUT2D eigenvalue weighted by atomic mass is 16.5. The fraction of sp³-hybridized carbons (Fsp3) is 0.111. The number of aryl methyl sites for hydroxylation is 2.